The third-order valence-corrected chi connectivity index (χ3v) is 5.10. The minimum absolute atomic E-state index is 0.0939. The molecule has 1 aromatic carbocycles. The number of benzene rings is 1. The van der Waals surface area contributed by atoms with Crippen molar-refractivity contribution in [1.29, 1.82) is 0 Å². The van der Waals surface area contributed by atoms with Gasteiger partial charge in [0.1, 0.15) is 11.4 Å². The molecule has 1 aliphatic heterocycles. The van der Waals surface area contributed by atoms with Crippen molar-refractivity contribution in [3.8, 4) is 5.75 Å². The molecule has 9 nitrogen and oxygen atoms in total. The molecule has 0 bridgehead atoms. The molecule has 0 spiro atoms. The lowest BCUT2D eigenvalue weighted by atomic mass is 10.2. The van der Waals surface area contributed by atoms with E-state index in [1.165, 1.54) is 12.1 Å². The van der Waals surface area contributed by atoms with E-state index in [0.717, 1.165) is 18.3 Å². The van der Waals surface area contributed by atoms with Crippen molar-refractivity contribution >= 4 is 27.5 Å². The molecule has 27 heavy (non-hydrogen) atoms. The Hall–Kier alpha value is -3.02. The van der Waals surface area contributed by atoms with E-state index in [4.69, 9.17) is 4.74 Å². The minimum Gasteiger partial charge on any atom is -0.478 e. The van der Waals surface area contributed by atoms with Gasteiger partial charge in [0, 0.05) is 6.20 Å². The second-order valence-electron chi connectivity index (χ2n) is 5.54. The molecule has 2 N–H and O–H groups in total. The zero-order valence-corrected chi connectivity index (χ0v) is 14.7. The second-order valence-corrected chi connectivity index (χ2v) is 7.22. The minimum atomic E-state index is -4.39. The predicted octanol–water partition coefficient (Wildman–Crippen LogP) is 1.51. The van der Waals surface area contributed by atoms with Crippen LogP contribution in [0.25, 0.3) is 0 Å². The summed E-state index contributed by atoms with van der Waals surface area (Å²) in [5, 5.41) is 5.79. The summed E-state index contributed by atoms with van der Waals surface area (Å²) in [5.74, 6) is -1.41. The Balaban J connectivity index is 1.86. The number of carbonyl (C=O) groups is 2. The molecular weight excluding hydrogens is 386 g/mol. The van der Waals surface area contributed by atoms with Crippen molar-refractivity contribution in [1.82, 2.24) is 14.5 Å². The molecule has 2 heterocycles. The number of hydrogen-bond donors (Lipinski definition) is 2. The van der Waals surface area contributed by atoms with Crippen LogP contribution in [0.15, 0.2) is 35.4 Å². The standard InChI is InChI=1S/C15H14F2N4O5S/c1-2-11-14(23)19-9-7-8(3-4-12(9)26-11)27(24,25)20-13(22)10-5-6-18-21(10)15(16)17/h3-7,11,15H,2H2,1H3,(H,19,23)(H,20,22). The molecule has 0 aliphatic carbocycles. The SMILES string of the molecule is CCC1Oc2ccc(S(=O)(=O)NC(=O)c3ccnn3C(F)F)cc2NC1=O. The van der Waals surface area contributed by atoms with Gasteiger partial charge < -0.3 is 10.1 Å². The van der Waals surface area contributed by atoms with Crippen LogP contribution in [-0.4, -0.2) is 36.1 Å². The zero-order chi connectivity index (χ0) is 19.8. The summed E-state index contributed by atoms with van der Waals surface area (Å²) in [6.07, 6.45) is 0.692. The quantitative estimate of drug-likeness (QED) is 0.785. The summed E-state index contributed by atoms with van der Waals surface area (Å²) in [6.45, 7) is -1.35. The largest absolute Gasteiger partial charge is 0.478 e. The molecule has 3 rings (SSSR count). The maximum atomic E-state index is 12.8. The summed E-state index contributed by atoms with van der Waals surface area (Å²) < 4.78 is 57.6. The Kier molecular flexibility index (Phi) is 4.83. The van der Waals surface area contributed by atoms with Crippen LogP contribution in [0, 0.1) is 0 Å². The third kappa shape index (κ3) is 3.60. The van der Waals surface area contributed by atoms with E-state index in [9.17, 15) is 26.8 Å². The van der Waals surface area contributed by atoms with Crippen molar-refractivity contribution in [3.05, 3.63) is 36.2 Å². The summed E-state index contributed by atoms with van der Waals surface area (Å²) >= 11 is 0. The van der Waals surface area contributed by atoms with Crippen molar-refractivity contribution in [2.24, 2.45) is 0 Å². The van der Waals surface area contributed by atoms with E-state index in [1.807, 2.05) is 0 Å². The molecule has 144 valence electrons. The zero-order valence-electron chi connectivity index (χ0n) is 13.8. The highest BCUT2D eigenvalue weighted by molar-refractivity contribution is 7.90. The number of nitrogens with one attached hydrogen (secondary N) is 2. The number of aromatic nitrogens is 2. The Morgan fingerprint density at radius 2 is 2.15 bits per heavy atom. The highest BCUT2D eigenvalue weighted by Crippen LogP contribution is 2.32. The maximum Gasteiger partial charge on any atom is 0.333 e. The van der Waals surface area contributed by atoms with E-state index >= 15 is 0 Å². The van der Waals surface area contributed by atoms with Gasteiger partial charge >= 0.3 is 6.55 Å². The summed E-state index contributed by atoms with van der Waals surface area (Å²) in [7, 11) is -4.39. The average Bonchev–Trinajstić information content (AvgIpc) is 3.10. The number of amides is 2. The fourth-order valence-electron chi connectivity index (χ4n) is 2.45. The fraction of sp³-hybridized carbons (Fsp3) is 0.267. The third-order valence-electron chi connectivity index (χ3n) is 3.77. The predicted molar refractivity (Wildman–Crippen MR) is 87.9 cm³/mol. The van der Waals surface area contributed by atoms with Gasteiger partial charge in [-0.05, 0) is 30.7 Å². The van der Waals surface area contributed by atoms with E-state index < -0.39 is 40.2 Å². The topological polar surface area (TPSA) is 119 Å². The molecular formula is C15H14F2N4O5S. The van der Waals surface area contributed by atoms with Crippen LogP contribution < -0.4 is 14.8 Å². The number of sulfonamides is 1. The summed E-state index contributed by atoms with van der Waals surface area (Å²) in [5.41, 5.74) is -0.494. The molecule has 1 aromatic heterocycles. The van der Waals surface area contributed by atoms with Crippen LogP contribution in [0.5, 0.6) is 5.75 Å². The molecule has 0 fully saturated rings. The van der Waals surface area contributed by atoms with Crippen LogP contribution in [0.3, 0.4) is 0 Å². The Morgan fingerprint density at radius 1 is 1.41 bits per heavy atom. The molecule has 0 saturated heterocycles. The number of nitrogens with zero attached hydrogens (tertiary/aromatic N) is 2. The lowest BCUT2D eigenvalue weighted by molar-refractivity contribution is -0.123. The first-order valence-corrected chi connectivity index (χ1v) is 9.21. The number of rotatable bonds is 5. The first-order chi connectivity index (χ1) is 12.7. The van der Waals surface area contributed by atoms with Crippen molar-refractivity contribution in [2.45, 2.75) is 30.9 Å². The Labute approximate surface area is 152 Å². The van der Waals surface area contributed by atoms with E-state index in [1.54, 1.807) is 11.6 Å². The van der Waals surface area contributed by atoms with E-state index in [-0.39, 0.29) is 21.0 Å². The van der Waals surface area contributed by atoms with Crippen molar-refractivity contribution < 1.29 is 31.5 Å². The molecule has 12 heteroatoms. The lowest BCUT2D eigenvalue weighted by Gasteiger charge is -2.25. The highest BCUT2D eigenvalue weighted by Gasteiger charge is 2.29. The van der Waals surface area contributed by atoms with Crippen LogP contribution >= 0.6 is 0 Å². The number of ether oxygens (including phenoxy) is 1. The van der Waals surface area contributed by atoms with Gasteiger partial charge in [-0.3, -0.25) is 9.59 Å². The molecule has 0 saturated carbocycles. The molecule has 2 aromatic rings. The van der Waals surface area contributed by atoms with Crippen LogP contribution in [0.4, 0.5) is 14.5 Å². The summed E-state index contributed by atoms with van der Waals surface area (Å²) in [6, 6.07) is 4.57. The number of anilines is 1. The van der Waals surface area contributed by atoms with Gasteiger partial charge in [-0.25, -0.2) is 13.1 Å². The van der Waals surface area contributed by atoms with Crippen LogP contribution in [0.1, 0.15) is 30.4 Å². The molecule has 2 amide bonds. The van der Waals surface area contributed by atoms with Gasteiger partial charge in [0.25, 0.3) is 21.8 Å². The Morgan fingerprint density at radius 3 is 2.81 bits per heavy atom. The van der Waals surface area contributed by atoms with Gasteiger partial charge in [-0.1, -0.05) is 6.92 Å². The summed E-state index contributed by atoms with van der Waals surface area (Å²) in [4.78, 5) is 23.6. The first kappa shape index (κ1) is 18.8. The molecule has 1 atom stereocenters. The number of carbonyl (C=O) groups excluding carboxylic acids is 2. The van der Waals surface area contributed by atoms with E-state index in [0.29, 0.717) is 6.42 Å². The second kappa shape index (κ2) is 6.95. The fourth-order valence-corrected chi connectivity index (χ4v) is 3.43. The smallest absolute Gasteiger partial charge is 0.333 e. The number of halogens is 2. The molecule has 1 aliphatic rings. The van der Waals surface area contributed by atoms with Gasteiger partial charge in [-0.15, -0.1) is 0 Å². The van der Waals surface area contributed by atoms with Crippen molar-refractivity contribution in [2.75, 3.05) is 5.32 Å². The van der Waals surface area contributed by atoms with Gasteiger partial charge in [0.2, 0.25) is 0 Å². The first-order valence-electron chi connectivity index (χ1n) is 7.73. The average molecular weight is 400 g/mol. The highest BCUT2D eigenvalue weighted by atomic mass is 32.2. The monoisotopic (exact) mass is 400 g/mol. The normalized spacial score (nSPS) is 16.4. The van der Waals surface area contributed by atoms with E-state index in [2.05, 4.69) is 10.4 Å². The van der Waals surface area contributed by atoms with Crippen LogP contribution in [0.2, 0.25) is 0 Å². The number of fused-ring (bicyclic) bond motifs is 1. The number of hydrogen-bond acceptors (Lipinski definition) is 6. The van der Waals surface area contributed by atoms with Crippen LogP contribution in [-0.2, 0) is 14.8 Å². The Bertz CT molecular complexity index is 1010. The maximum absolute atomic E-state index is 12.8. The number of alkyl halides is 2. The lowest BCUT2D eigenvalue weighted by Crippen LogP contribution is -2.36. The van der Waals surface area contributed by atoms with Gasteiger partial charge in [0.15, 0.2) is 6.10 Å². The molecule has 1 unspecified atom stereocenters. The van der Waals surface area contributed by atoms with Gasteiger partial charge in [-0.2, -0.15) is 18.6 Å². The van der Waals surface area contributed by atoms with Crippen molar-refractivity contribution in [3.63, 3.8) is 0 Å². The van der Waals surface area contributed by atoms with Gasteiger partial charge in [0.05, 0.1) is 10.6 Å². The molecule has 0 radical (unpaired) electrons.